The number of carbonyl (C=O) groups excluding carboxylic acids is 1. The van der Waals surface area contributed by atoms with Crippen LogP contribution in [0.4, 0.5) is 11.4 Å². The number of carbonyl (C=O) groups is 1. The third-order valence-corrected chi connectivity index (χ3v) is 4.17. The Bertz CT molecular complexity index is 812. The van der Waals surface area contributed by atoms with E-state index in [1.165, 1.54) is 0 Å². The van der Waals surface area contributed by atoms with Crippen molar-refractivity contribution in [3.63, 3.8) is 0 Å². The van der Waals surface area contributed by atoms with Gasteiger partial charge in [0.25, 0.3) is 0 Å². The number of benzene rings is 2. The van der Waals surface area contributed by atoms with Gasteiger partial charge in [0.05, 0.1) is 19.3 Å². The monoisotopic (exact) mass is 356 g/mol. The molecular weight excluding hydrogens is 332 g/mol. The van der Waals surface area contributed by atoms with Gasteiger partial charge in [-0.15, -0.1) is 0 Å². The van der Waals surface area contributed by atoms with Crippen molar-refractivity contribution in [2.75, 3.05) is 31.1 Å². The van der Waals surface area contributed by atoms with E-state index in [9.17, 15) is 4.79 Å². The van der Waals surface area contributed by atoms with Crippen LogP contribution in [0.2, 0.25) is 0 Å². The molecule has 0 saturated carbocycles. The quantitative estimate of drug-likeness (QED) is 0.853. The minimum absolute atomic E-state index is 0.0174. The van der Waals surface area contributed by atoms with Crippen molar-refractivity contribution >= 4 is 17.3 Å². The molecule has 0 aliphatic carbocycles. The molecule has 2 aromatic carbocycles. The third-order valence-electron chi connectivity index (χ3n) is 4.17. The number of hydrogen-bond donors (Lipinski definition) is 2. The zero-order valence-corrected chi connectivity index (χ0v) is 15.5. The highest BCUT2D eigenvalue weighted by Gasteiger charge is 2.17. The number of methoxy groups -OCH3 is 1. The minimum atomic E-state index is -0.160. The Morgan fingerprint density at radius 3 is 2.62 bits per heavy atom. The largest absolute Gasteiger partial charge is 0.495 e. The summed E-state index contributed by atoms with van der Waals surface area (Å²) in [4.78, 5) is 12.4. The summed E-state index contributed by atoms with van der Waals surface area (Å²) in [6.45, 7) is 6.73. The molecule has 2 N–H and O–H groups in total. The van der Waals surface area contributed by atoms with Crippen LogP contribution in [-0.2, 0) is 10.2 Å². The summed E-state index contributed by atoms with van der Waals surface area (Å²) < 4.78 is 16.0. The smallest absolute Gasteiger partial charge is 0.243 e. The summed E-state index contributed by atoms with van der Waals surface area (Å²) in [6.07, 6.45) is 0. The van der Waals surface area contributed by atoms with E-state index in [4.69, 9.17) is 14.2 Å². The van der Waals surface area contributed by atoms with E-state index in [1.807, 2.05) is 36.4 Å². The van der Waals surface area contributed by atoms with Crippen LogP contribution in [0.1, 0.15) is 26.3 Å². The lowest BCUT2D eigenvalue weighted by atomic mass is 9.87. The van der Waals surface area contributed by atoms with E-state index in [2.05, 4.69) is 31.4 Å². The van der Waals surface area contributed by atoms with Gasteiger partial charge in [0.1, 0.15) is 5.75 Å². The molecule has 0 bridgehead atoms. The van der Waals surface area contributed by atoms with Gasteiger partial charge in [-0.25, -0.2) is 0 Å². The molecule has 0 atom stereocenters. The van der Waals surface area contributed by atoms with Crippen LogP contribution >= 0.6 is 0 Å². The van der Waals surface area contributed by atoms with Crippen molar-refractivity contribution in [2.24, 2.45) is 0 Å². The molecule has 0 radical (unpaired) electrons. The molecule has 0 aromatic heterocycles. The highest BCUT2D eigenvalue weighted by molar-refractivity contribution is 5.95. The Morgan fingerprint density at radius 2 is 1.88 bits per heavy atom. The van der Waals surface area contributed by atoms with Crippen LogP contribution in [0.15, 0.2) is 36.4 Å². The maximum atomic E-state index is 12.4. The number of rotatable bonds is 5. The predicted octanol–water partition coefficient (Wildman–Crippen LogP) is 3.77. The summed E-state index contributed by atoms with van der Waals surface area (Å²) in [5.74, 6) is 1.86. The maximum Gasteiger partial charge on any atom is 0.243 e. The zero-order chi connectivity index (χ0) is 18.7. The van der Waals surface area contributed by atoms with Gasteiger partial charge in [0.15, 0.2) is 11.5 Å². The third kappa shape index (κ3) is 4.02. The Hall–Kier alpha value is -2.89. The number of anilines is 2. The van der Waals surface area contributed by atoms with Gasteiger partial charge >= 0.3 is 0 Å². The summed E-state index contributed by atoms with van der Waals surface area (Å²) >= 11 is 0. The molecule has 0 spiro atoms. The Morgan fingerprint density at radius 1 is 1.12 bits per heavy atom. The van der Waals surface area contributed by atoms with E-state index < -0.39 is 0 Å². The highest BCUT2D eigenvalue weighted by atomic mass is 16.7. The fourth-order valence-electron chi connectivity index (χ4n) is 2.66. The van der Waals surface area contributed by atoms with E-state index in [0.717, 1.165) is 11.3 Å². The van der Waals surface area contributed by atoms with Crippen molar-refractivity contribution in [3.8, 4) is 17.2 Å². The summed E-state index contributed by atoms with van der Waals surface area (Å²) in [7, 11) is 1.59. The number of hydrogen-bond acceptors (Lipinski definition) is 5. The fourth-order valence-corrected chi connectivity index (χ4v) is 2.66. The standard InChI is InChI=1S/C20H24N2O4/c1-20(2,3)13-5-7-16(24-4)15(9-13)22-19(23)11-21-14-6-8-17-18(10-14)26-12-25-17/h5-10,21H,11-12H2,1-4H3,(H,22,23). The molecule has 6 nitrogen and oxygen atoms in total. The van der Waals surface area contributed by atoms with Gasteiger partial charge in [0, 0.05) is 11.8 Å². The van der Waals surface area contributed by atoms with Gasteiger partial charge in [-0.1, -0.05) is 26.8 Å². The molecule has 1 heterocycles. The molecule has 26 heavy (non-hydrogen) atoms. The van der Waals surface area contributed by atoms with E-state index in [-0.39, 0.29) is 24.7 Å². The second-order valence-electron chi connectivity index (χ2n) is 7.13. The average Bonchev–Trinajstić information content (AvgIpc) is 3.07. The minimum Gasteiger partial charge on any atom is -0.495 e. The van der Waals surface area contributed by atoms with Gasteiger partial charge in [-0.2, -0.15) is 0 Å². The first-order valence-corrected chi connectivity index (χ1v) is 8.49. The number of amides is 1. The van der Waals surface area contributed by atoms with Crippen LogP contribution in [0.25, 0.3) is 0 Å². The molecule has 1 amide bonds. The van der Waals surface area contributed by atoms with Crippen LogP contribution in [0.3, 0.4) is 0 Å². The number of fused-ring (bicyclic) bond motifs is 1. The molecule has 0 unspecified atom stereocenters. The summed E-state index contributed by atoms with van der Waals surface area (Å²) in [5, 5.41) is 6.00. The summed E-state index contributed by atoms with van der Waals surface area (Å²) in [5.41, 5.74) is 2.56. The number of nitrogens with one attached hydrogen (secondary N) is 2. The van der Waals surface area contributed by atoms with Crippen molar-refractivity contribution < 1.29 is 19.0 Å². The Balaban J connectivity index is 1.66. The first-order chi connectivity index (χ1) is 12.4. The molecule has 0 saturated heterocycles. The van der Waals surface area contributed by atoms with Crippen molar-refractivity contribution in [3.05, 3.63) is 42.0 Å². The molecule has 1 aliphatic heterocycles. The molecule has 6 heteroatoms. The number of ether oxygens (including phenoxy) is 3. The van der Waals surface area contributed by atoms with Crippen molar-refractivity contribution in [1.29, 1.82) is 0 Å². The highest BCUT2D eigenvalue weighted by Crippen LogP contribution is 2.34. The maximum absolute atomic E-state index is 12.4. The molecule has 138 valence electrons. The lowest BCUT2D eigenvalue weighted by Crippen LogP contribution is -2.22. The van der Waals surface area contributed by atoms with Crippen LogP contribution in [0, 0.1) is 0 Å². The average molecular weight is 356 g/mol. The Kier molecular flexibility index (Phi) is 4.93. The SMILES string of the molecule is COc1ccc(C(C)(C)C)cc1NC(=O)CNc1ccc2c(c1)OCO2. The van der Waals surface area contributed by atoms with Gasteiger partial charge in [-0.05, 0) is 35.2 Å². The van der Waals surface area contributed by atoms with E-state index in [0.29, 0.717) is 22.9 Å². The van der Waals surface area contributed by atoms with Crippen LogP contribution in [0.5, 0.6) is 17.2 Å². The first-order valence-electron chi connectivity index (χ1n) is 8.49. The second-order valence-corrected chi connectivity index (χ2v) is 7.13. The fraction of sp³-hybridized carbons (Fsp3) is 0.350. The van der Waals surface area contributed by atoms with Gasteiger partial charge in [-0.3, -0.25) is 4.79 Å². The van der Waals surface area contributed by atoms with Gasteiger partial charge in [0.2, 0.25) is 12.7 Å². The Labute approximate surface area is 153 Å². The zero-order valence-electron chi connectivity index (χ0n) is 15.5. The van der Waals surface area contributed by atoms with E-state index in [1.54, 1.807) is 7.11 Å². The summed E-state index contributed by atoms with van der Waals surface area (Å²) in [6, 6.07) is 11.3. The lowest BCUT2D eigenvalue weighted by Gasteiger charge is -2.21. The molecule has 3 rings (SSSR count). The van der Waals surface area contributed by atoms with Gasteiger partial charge < -0.3 is 24.8 Å². The van der Waals surface area contributed by atoms with Crippen molar-refractivity contribution in [1.82, 2.24) is 0 Å². The van der Waals surface area contributed by atoms with Crippen LogP contribution in [-0.4, -0.2) is 26.4 Å². The predicted molar refractivity (Wildman–Crippen MR) is 101 cm³/mol. The van der Waals surface area contributed by atoms with Crippen LogP contribution < -0.4 is 24.8 Å². The molecular formula is C20H24N2O4. The lowest BCUT2D eigenvalue weighted by molar-refractivity contribution is -0.114. The molecule has 2 aromatic rings. The second kappa shape index (κ2) is 7.15. The normalized spacial score (nSPS) is 12.6. The molecule has 0 fully saturated rings. The topological polar surface area (TPSA) is 68.8 Å². The van der Waals surface area contributed by atoms with Crippen molar-refractivity contribution in [2.45, 2.75) is 26.2 Å². The molecule has 1 aliphatic rings. The van der Waals surface area contributed by atoms with E-state index >= 15 is 0 Å². The first kappa shape index (κ1) is 17.9.